The van der Waals surface area contributed by atoms with E-state index in [0.717, 1.165) is 41.4 Å². The number of furan rings is 1. The lowest BCUT2D eigenvalue weighted by atomic mass is 10.1. The van der Waals surface area contributed by atoms with Gasteiger partial charge >= 0.3 is 0 Å². The third-order valence-electron chi connectivity index (χ3n) is 4.88. The molecule has 0 aromatic carbocycles. The second kappa shape index (κ2) is 6.53. The monoisotopic (exact) mass is 342 g/mol. The molecule has 0 unspecified atom stereocenters. The predicted octanol–water partition coefficient (Wildman–Crippen LogP) is 4.15. The molecule has 5 nitrogen and oxygen atoms in total. The van der Waals surface area contributed by atoms with Gasteiger partial charge in [-0.05, 0) is 57.5 Å². The van der Waals surface area contributed by atoms with E-state index in [1.54, 1.807) is 23.9 Å². The molecule has 1 N–H and O–H groups in total. The van der Waals surface area contributed by atoms with Gasteiger partial charge in [-0.25, -0.2) is 9.97 Å². The molecule has 3 aromatic heterocycles. The van der Waals surface area contributed by atoms with Gasteiger partial charge < -0.3 is 9.73 Å². The smallest absolute Gasteiger partial charge is 0.138 e. The molecular weight excluding hydrogens is 320 g/mol. The maximum absolute atomic E-state index is 5.70. The number of thiophene rings is 1. The zero-order valence-corrected chi connectivity index (χ0v) is 14.9. The Bertz CT molecular complexity index is 821. The summed E-state index contributed by atoms with van der Waals surface area (Å²) in [6.07, 6.45) is 5.93. The van der Waals surface area contributed by atoms with Crippen molar-refractivity contribution in [3.05, 3.63) is 40.9 Å². The molecule has 1 saturated heterocycles. The first-order valence-electron chi connectivity index (χ1n) is 8.46. The van der Waals surface area contributed by atoms with Crippen LogP contribution in [0.4, 0.5) is 5.82 Å². The Morgan fingerprint density at radius 3 is 2.88 bits per heavy atom. The minimum atomic E-state index is 0.243. The molecule has 1 aliphatic rings. The normalized spacial score (nSPS) is 16.8. The summed E-state index contributed by atoms with van der Waals surface area (Å²) in [4.78, 5) is 13.8. The van der Waals surface area contributed by atoms with E-state index >= 15 is 0 Å². The molecule has 3 aromatic rings. The standard InChI is InChI=1S/C18H22N4OS/c1-12-13(2)24-18-16(12)17(20-11-21-18)19-10-14(15-6-5-9-23-15)22-7-3-4-8-22/h5-6,9,11,14H,3-4,7-8,10H2,1-2H3,(H,19,20,21)/t14-/m1/s1. The molecule has 6 heteroatoms. The van der Waals surface area contributed by atoms with Crippen molar-refractivity contribution in [3.8, 4) is 0 Å². The molecule has 24 heavy (non-hydrogen) atoms. The van der Waals surface area contributed by atoms with Crippen LogP contribution < -0.4 is 5.32 Å². The van der Waals surface area contributed by atoms with Crippen molar-refractivity contribution in [2.24, 2.45) is 0 Å². The minimum Gasteiger partial charge on any atom is -0.468 e. The van der Waals surface area contributed by atoms with Crippen molar-refractivity contribution in [3.63, 3.8) is 0 Å². The van der Waals surface area contributed by atoms with Crippen LogP contribution in [0.3, 0.4) is 0 Å². The third kappa shape index (κ3) is 2.80. The van der Waals surface area contributed by atoms with Crippen molar-refractivity contribution in [2.45, 2.75) is 32.7 Å². The summed E-state index contributed by atoms with van der Waals surface area (Å²) in [6, 6.07) is 4.28. The number of aryl methyl sites for hydroxylation is 2. The lowest BCUT2D eigenvalue weighted by Gasteiger charge is -2.26. The van der Waals surface area contributed by atoms with E-state index in [4.69, 9.17) is 4.42 Å². The summed E-state index contributed by atoms with van der Waals surface area (Å²) in [7, 11) is 0. The average molecular weight is 342 g/mol. The Balaban J connectivity index is 1.60. The zero-order valence-electron chi connectivity index (χ0n) is 14.1. The molecule has 4 heterocycles. The summed E-state index contributed by atoms with van der Waals surface area (Å²) >= 11 is 1.73. The van der Waals surface area contributed by atoms with Crippen LogP contribution in [0.1, 0.15) is 35.1 Å². The average Bonchev–Trinajstić information content (AvgIpc) is 3.32. The molecule has 0 radical (unpaired) electrons. The summed E-state index contributed by atoms with van der Waals surface area (Å²) in [6.45, 7) is 7.33. The molecule has 0 bridgehead atoms. The van der Waals surface area contributed by atoms with Gasteiger partial charge in [0.25, 0.3) is 0 Å². The summed E-state index contributed by atoms with van der Waals surface area (Å²) in [5.74, 6) is 1.95. The highest BCUT2D eigenvalue weighted by molar-refractivity contribution is 7.18. The molecule has 0 aliphatic carbocycles. The van der Waals surface area contributed by atoms with Gasteiger partial charge in [0.15, 0.2) is 0 Å². The van der Waals surface area contributed by atoms with Crippen LogP contribution in [0.25, 0.3) is 10.2 Å². The van der Waals surface area contributed by atoms with E-state index in [1.807, 2.05) is 6.07 Å². The van der Waals surface area contributed by atoms with Crippen LogP contribution in [0.15, 0.2) is 29.1 Å². The van der Waals surface area contributed by atoms with Crippen LogP contribution in [0.5, 0.6) is 0 Å². The van der Waals surface area contributed by atoms with Crippen LogP contribution in [0, 0.1) is 13.8 Å². The van der Waals surface area contributed by atoms with Crippen LogP contribution in [-0.4, -0.2) is 34.5 Å². The van der Waals surface area contributed by atoms with E-state index in [9.17, 15) is 0 Å². The molecular formula is C18H22N4OS. The van der Waals surface area contributed by atoms with Crippen LogP contribution in [-0.2, 0) is 0 Å². The maximum atomic E-state index is 5.70. The Kier molecular flexibility index (Phi) is 4.24. The highest BCUT2D eigenvalue weighted by atomic mass is 32.1. The Morgan fingerprint density at radius 2 is 2.12 bits per heavy atom. The quantitative estimate of drug-likeness (QED) is 0.755. The molecule has 4 rings (SSSR count). The number of rotatable bonds is 5. The topological polar surface area (TPSA) is 54.2 Å². The number of anilines is 1. The highest BCUT2D eigenvalue weighted by Gasteiger charge is 2.25. The lowest BCUT2D eigenvalue weighted by Crippen LogP contribution is -2.31. The first-order valence-corrected chi connectivity index (χ1v) is 9.27. The number of nitrogens with zero attached hydrogens (tertiary/aromatic N) is 3. The summed E-state index contributed by atoms with van der Waals surface area (Å²) < 4.78 is 5.70. The fourth-order valence-corrected chi connectivity index (χ4v) is 4.45. The molecule has 0 saturated carbocycles. The van der Waals surface area contributed by atoms with Crippen molar-refractivity contribution in [2.75, 3.05) is 25.0 Å². The van der Waals surface area contributed by atoms with Gasteiger partial charge in [-0.1, -0.05) is 0 Å². The van der Waals surface area contributed by atoms with Gasteiger partial charge in [-0.15, -0.1) is 11.3 Å². The van der Waals surface area contributed by atoms with Crippen molar-refractivity contribution < 1.29 is 4.42 Å². The fraction of sp³-hybridized carbons (Fsp3) is 0.444. The lowest BCUT2D eigenvalue weighted by molar-refractivity contribution is 0.225. The summed E-state index contributed by atoms with van der Waals surface area (Å²) in [5.41, 5.74) is 1.27. The minimum absolute atomic E-state index is 0.243. The fourth-order valence-electron chi connectivity index (χ4n) is 3.45. The highest BCUT2D eigenvalue weighted by Crippen LogP contribution is 2.33. The number of fused-ring (bicyclic) bond motifs is 1. The molecule has 1 atom stereocenters. The van der Waals surface area contributed by atoms with Crippen molar-refractivity contribution in [1.82, 2.24) is 14.9 Å². The Morgan fingerprint density at radius 1 is 1.29 bits per heavy atom. The van der Waals surface area contributed by atoms with Gasteiger partial charge in [0.05, 0.1) is 17.7 Å². The molecule has 0 amide bonds. The van der Waals surface area contributed by atoms with Gasteiger partial charge in [-0.2, -0.15) is 0 Å². The number of likely N-dealkylation sites (tertiary alicyclic amines) is 1. The van der Waals surface area contributed by atoms with E-state index in [1.165, 1.54) is 23.3 Å². The first-order chi connectivity index (χ1) is 11.7. The maximum Gasteiger partial charge on any atom is 0.138 e. The molecule has 1 fully saturated rings. The molecule has 1 aliphatic heterocycles. The number of hydrogen-bond donors (Lipinski definition) is 1. The van der Waals surface area contributed by atoms with E-state index in [-0.39, 0.29) is 6.04 Å². The second-order valence-electron chi connectivity index (χ2n) is 6.34. The third-order valence-corrected chi connectivity index (χ3v) is 6.00. The van der Waals surface area contributed by atoms with Crippen LogP contribution in [0.2, 0.25) is 0 Å². The summed E-state index contributed by atoms with van der Waals surface area (Å²) in [5, 5.41) is 4.71. The zero-order chi connectivity index (χ0) is 16.5. The molecule has 126 valence electrons. The van der Waals surface area contributed by atoms with Gasteiger partial charge in [0.2, 0.25) is 0 Å². The largest absolute Gasteiger partial charge is 0.468 e. The molecule has 0 spiro atoms. The van der Waals surface area contributed by atoms with Crippen molar-refractivity contribution in [1.29, 1.82) is 0 Å². The predicted molar refractivity (Wildman–Crippen MR) is 97.6 cm³/mol. The number of hydrogen-bond acceptors (Lipinski definition) is 6. The van der Waals surface area contributed by atoms with E-state index in [2.05, 4.69) is 40.1 Å². The number of aromatic nitrogens is 2. The van der Waals surface area contributed by atoms with Gasteiger partial charge in [0, 0.05) is 11.4 Å². The first kappa shape index (κ1) is 15.6. The van der Waals surface area contributed by atoms with Crippen LogP contribution >= 0.6 is 11.3 Å². The van der Waals surface area contributed by atoms with Gasteiger partial charge in [-0.3, -0.25) is 4.90 Å². The van der Waals surface area contributed by atoms with E-state index in [0.29, 0.717) is 0 Å². The van der Waals surface area contributed by atoms with Gasteiger partial charge in [0.1, 0.15) is 22.7 Å². The SMILES string of the molecule is Cc1sc2ncnc(NC[C@H](c3ccco3)N3CCCC3)c2c1C. The Labute approximate surface area is 145 Å². The number of nitrogens with one attached hydrogen (secondary N) is 1. The van der Waals surface area contributed by atoms with E-state index < -0.39 is 0 Å². The Hall–Kier alpha value is -1.92. The second-order valence-corrected chi connectivity index (χ2v) is 7.54. The van der Waals surface area contributed by atoms with Crippen molar-refractivity contribution >= 4 is 27.4 Å².